The first-order valence-corrected chi connectivity index (χ1v) is 8.63. The van der Waals surface area contributed by atoms with Gasteiger partial charge in [-0.1, -0.05) is 12.1 Å². The molecule has 0 unspecified atom stereocenters. The van der Waals surface area contributed by atoms with E-state index >= 15 is 0 Å². The highest BCUT2D eigenvalue weighted by Gasteiger charge is 2.18. The van der Waals surface area contributed by atoms with Crippen molar-refractivity contribution in [2.45, 2.75) is 6.42 Å². The highest BCUT2D eigenvalue weighted by atomic mass is 19.1. The van der Waals surface area contributed by atoms with Gasteiger partial charge in [0.15, 0.2) is 11.6 Å². The van der Waals surface area contributed by atoms with Crippen LogP contribution >= 0.6 is 0 Å². The second-order valence-electron chi connectivity index (χ2n) is 6.42. The Hall–Kier alpha value is -2.73. The van der Waals surface area contributed by atoms with Gasteiger partial charge in [0, 0.05) is 25.0 Å². The largest absolute Gasteiger partial charge is 0.353 e. The minimum Gasteiger partial charge on any atom is -0.353 e. The van der Waals surface area contributed by atoms with E-state index in [-0.39, 0.29) is 5.82 Å². The molecule has 0 amide bonds. The molecule has 1 aromatic carbocycles. The van der Waals surface area contributed by atoms with Crippen molar-refractivity contribution in [3.8, 4) is 0 Å². The van der Waals surface area contributed by atoms with Gasteiger partial charge in [0.2, 0.25) is 0 Å². The van der Waals surface area contributed by atoms with Crippen LogP contribution in [0.15, 0.2) is 42.5 Å². The van der Waals surface area contributed by atoms with Crippen molar-refractivity contribution in [1.29, 1.82) is 0 Å². The molecule has 1 saturated heterocycles. The van der Waals surface area contributed by atoms with Crippen molar-refractivity contribution in [3.63, 3.8) is 0 Å². The number of hydrogen-bond donors (Lipinski definition) is 1. The van der Waals surface area contributed by atoms with Crippen molar-refractivity contribution >= 4 is 33.5 Å². The molecule has 1 fully saturated rings. The lowest BCUT2D eigenvalue weighted by molar-refractivity contribution is 0.612. The zero-order valence-electron chi connectivity index (χ0n) is 13.7. The van der Waals surface area contributed by atoms with Gasteiger partial charge in [0.05, 0.1) is 11.0 Å². The number of pyridine rings is 2. The van der Waals surface area contributed by atoms with Gasteiger partial charge in [0.1, 0.15) is 11.3 Å². The molecule has 0 aliphatic carbocycles. The second kappa shape index (κ2) is 5.67. The Balaban J connectivity index is 1.79. The van der Waals surface area contributed by atoms with Crippen LogP contribution in [0.25, 0.3) is 27.7 Å². The molecular weight excluding hydrogens is 317 g/mol. The van der Waals surface area contributed by atoms with Gasteiger partial charge in [0.25, 0.3) is 0 Å². The number of imidazole rings is 1. The lowest BCUT2D eigenvalue weighted by atomic mass is 10.2. The predicted molar refractivity (Wildman–Crippen MR) is 97.7 cm³/mol. The second-order valence-corrected chi connectivity index (χ2v) is 6.42. The summed E-state index contributed by atoms with van der Waals surface area (Å²) in [7, 11) is 0. The smallest absolute Gasteiger partial charge is 0.167 e. The van der Waals surface area contributed by atoms with Crippen LogP contribution in [0.2, 0.25) is 0 Å². The fourth-order valence-electron chi connectivity index (χ4n) is 3.61. The third-order valence-corrected chi connectivity index (χ3v) is 4.82. The van der Waals surface area contributed by atoms with Crippen LogP contribution in [-0.2, 0) is 0 Å². The van der Waals surface area contributed by atoms with E-state index in [2.05, 4.69) is 10.3 Å². The zero-order chi connectivity index (χ0) is 16.8. The number of rotatable bonds is 1. The van der Waals surface area contributed by atoms with Crippen molar-refractivity contribution in [2.24, 2.45) is 0 Å². The summed E-state index contributed by atoms with van der Waals surface area (Å²) >= 11 is 0. The van der Waals surface area contributed by atoms with E-state index in [9.17, 15) is 4.39 Å². The Morgan fingerprint density at radius 1 is 1.00 bits per heavy atom. The van der Waals surface area contributed by atoms with Crippen LogP contribution in [0.4, 0.5) is 10.2 Å². The molecule has 126 valence electrons. The highest BCUT2D eigenvalue weighted by Crippen LogP contribution is 2.26. The summed E-state index contributed by atoms with van der Waals surface area (Å²) in [5.41, 5.74) is 3.49. The maximum atomic E-state index is 14.7. The Morgan fingerprint density at radius 3 is 2.88 bits per heavy atom. The molecule has 1 aliphatic heterocycles. The molecule has 0 bridgehead atoms. The van der Waals surface area contributed by atoms with Gasteiger partial charge in [-0.25, -0.2) is 14.4 Å². The van der Waals surface area contributed by atoms with Crippen LogP contribution in [0.5, 0.6) is 0 Å². The molecule has 6 heteroatoms. The highest BCUT2D eigenvalue weighted by molar-refractivity contribution is 5.89. The summed E-state index contributed by atoms with van der Waals surface area (Å²) < 4.78 is 16.7. The van der Waals surface area contributed by atoms with Crippen molar-refractivity contribution < 1.29 is 4.39 Å². The lowest BCUT2D eigenvalue weighted by Gasteiger charge is -2.22. The molecule has 1 N–H and O–H groups in total. The maximum absolute atomic E-state index is 14.7. The minimum atomic E-state index is -0.266. The van der Waals surface area contributed by atoms with Gasteiger partial charge in [-0.2, -0.15) is 0 Å². The van der Waals surface area contributed by atoms with Gasteiger partial charge in [-0.05, 0) is 43.3 Å². The molecule has 4 aromatic rings. The number of hydrogen-bond acceptors (Lipinski definition) is 4. The van der Waals surface area contributed by atoms with Crippen molar-refractivity contribution in [2.75, 3.05) is 31.1 Å². The molecule has 0 saturated carbocycles. The van der Waals surface area contributed by atoms with E-state index in [0.29, 0.717) is 5.82 Å². The standard InChI is InChI=1S/C19H18FN5/c20-14-12-13-6-7-17-22-15-4-1-2-5-16(15)25(17)18(13)23-19(14)24-10-3-8-21-9-11-24/h1-2,4-7,12,21H,3,8-11H2. The molecular formula is C19H18FN5. The number of aromatic nitrogens is 3. The Bertz CT molecular complexity index is 1080. The monoisotopic (exact) mass is 335 g/mol. The van der Waals surface area contributed by atoms with Gasteiger partial charge >= 0.3 is 0 Å². The molecule has 25 heavy (non-hydrogen) atoms. The van der Waals surface area contributed by atoms with Gasteiger partial charge in [-0.3, -0.25) is 4.40 Å². The van der Waals surface area contributed by atoms with E-state index in [1.54, 1.807) is 6.07 Å². The fraction of sp³-hybridized carbons (Fsp3) is 0.263. The van der Waals surface area contributed by atoms with E-state index in [0.717, 1.165) is 60.3 Å². The SMILES string of the molecule is Fc1cc2ccc3nc4ccccc4n3c2nc1N1CCCNCC1. The molecule has 5 nitrogen and oxygen atoms in total. The van der Waals surface area contributed by atoms with Crippen LogP contribution < -0.4 is 10.2 Å². The van der Waals surface area contributed by atoms with E-state index in [1.165, 1.54) is 0 Å². The summed E-state index contributed by atoms with van der Waals surface area (Å²) in [5.74, 6) is 0.166. The van der Waals surface area contributed by atoms with Gasteiger partial charge in [-0.15, -0.1) is 0 Å². The zero-order valence-corrected chi connectivity index (χ0v) is 13.7. The van der Waals surface area contributed by atoms with Crippen LogP contribution in [0.3, 0.4) is 0 Å². The predicted octanol–water partition coefficient (Wildman–Crippen LogP) is 2.97. The van der Waals surface area contributed by atoms with E-state index in [1.807, 2.05) is 45.7 Å². The molecule has 3 aromatic heterocycles. The Labute approximate surface area is 144 Å². The number of nitrogens with zero attached hydrogens (tertiary/aromatic N) is 4. The van der Waals surface area contributed by atoms with E-state index < -0.39 is 0 Å². The average Bonchev–Trinajstić information content (AvgIpc) is 2.81. The number of benzene rings is 1. The molecule has 4 heterocycles. The molecule has 0 spiro atoms. The van der Waals surface area contributed by atoms with Crippen molar-refractivity contribution in [1.82, 2.24) is 19.7 Å². The van der Waals surface area contributed by atoms with Crippen LogP contribution in [-0.4, -0.2) is 40.5 Å². The number of fused-ring (bicyclic) bond motifs is 5. The van der Waals surface area contributed by atoms with Gasteiger partial charge < -0.3 is 10.2 Å². The summed E-state index contributed by atoms with van der Waals surface area (Å²) in [5, 5.41) is 4.13. The number of anilines is 1. The Kier molecular flexibility index (Phi) is 3.31. The summed E-state index contributed by atoms with van der Waals surface area (Å²) in [6.07, 6.45) is 0.983. The molecule has 0 radical (unpaired) electrons. The molecule has 0 atom stereocenters. The summed E-state index contributed by atoms with van der Waals surface area (Å²) in [4.78, 5) is 11.4. The number of para-hydroxylation sites is 2. The van der Waals surface area contributed by atoms with Crippen LogP contribution in [0.1, 0.15) is 6.42 Å². The lowest BCUT2D eigenvalue weighted by Crippen LogP contribution is -2.29. The number of nitrogens with one attached hydrogen (secondary N) is 1. The fourth-order valence-corrected chi connectivity index (χ4v) is 3.61. The first kappa shape index (κ1) is 14.6. The quantitative estimate of drug-likeness (QED) is 0.581. The maximum Gasteiger partial charge on any atom is 0.167 e. The minimum absolute atomic E-state index is 0.266. The van der Waals surface area contributed by atoms with Crippen LogP contribution in [0, 0.1) is 5.82 Å². The summed E-state index contributed by atoms with van der Waals surface area (Å²) in [6.45, 7) is 3.37. The molecule has 5 rings (SSSR count). The normalized spacial score (nSPS) is 16.0. The van der Waals surface area contributed by atoms with Crippen molar-refractivity contribution in [3.05, 3.63) is 48.3 Å². The Morgan fingerprint density at radius 2 is 1.92 bits per heavy atom. The van der Waals surface area contributed by atoms with E-state index in [4.69, 9.17) is 4.98 Å². The summed E-state index contributed by atoms with van der Waals surface area (Å²) in [6, 6.07) is 13.4. The average molecular weight is 335 g/mol. The first-order chi connectivity index (χ1) is 12.3. The molecule has 1 aliphatic rings. The third-order valence-electron chi connectivity index (χ3n) is 4.82. The first-order valence-electron chi connectivity index (χ1n) is 8.63. The topological polar surface area (TPSA) is 45.5 Å². The third kappa shape index (κ3) is 2.33. The number of halogens is 1.